The maximum absolute atomic E-state index is 9.46. The quantitative estimate of drug-likeness (QED) is 0.725. The van der Waals surface area contributed by atoms with Crippen LogP contribution in [0.15, 0.2) is 65.7 Å². The Hall–Kier alpha value is -2.81. The molecule has 0 heterocycles. The molecule has 0 atom stereocenters. The molecule has 3 aromatic rings. The molecule has 0 aliphatic heterocycles. The second kappa shape index (κ2) is 5.67. The summed E-state index contributed by atoms with van der Waals surface area (Å²) in [6.45, 7) is 0. The lowest BCUT2D eigenvalue weighted by Gasteiger charge is -2.07. The van der Waals surface area contributed by atoms with Gasteiger partial charge in [0.2, 0.25) is 0 Å². The fraction of sp³-hybridized carbons (Fsp3) is 0.0556. The number of benzene rings is 3. The molecule has 0 unspecified atom stereocenters. The van der Waals surface area contributed by atoms with E-state index in [0.717, 1.165) is 27.8 Å². The second-order valence-corrected chi connectivity index (χ2v) is 4.68. The lowest BCUT2D eigenvalue weighted by Crippen LogP contribution is -1.89. The van der Waals surface area contributed by atoms with Crippen LogP contribution in [0.2, 0.25) is 0 Å². The van der Waals surface area contributed by atoms with E-state index < -0.39 is 0 Å². The third-order valence-corrected chi connectivity index (χ3v) is 3.32. The summed E-state index contributed by atoms with van der Waals surface area (Å²) < 4.78 is 5.38. The standard InChI is InChI=1S/C18H15NO2/c1-21-18-10-9-13(16-7-2-3-8-17(16)18)12-19-14-5-4-6-15(20)11-14/h2-12,20H,1H3. The fourth-order valence-corrected chi connectivity index (χ4v) is 2.30. The van der Waals surface area contributed by atoms with E-state index in [0.29, 0.717) is 0 Å². The van der Waals surface area contributed by atoms with Crippen LogP contribution >= 0.6 is 0 Å². The van der Waals surface area contributed by atoms with Crippen LogP contribution in [0.1, 0.15) is 5.56 Å². The van der Waals surface area contributed by atoms with Crippen molar-refractivity contribution < 1.29 is 9.84 Å². The number of ether oxygens (including phenoxy) is 1. The molecule has 0 saturated heterocycles. The van der Waals surface area contributed by atoms with Gasteiger partial charge in [0.25, 0.3) is 0 Å². The molecule has 1 N–H and O–H groups in total. The molecule has 3 heteroatoms. The van der Waals surface area contributed by atoms with Gasteiger partial charge in [0.15, 0.2) is 0 Å². The minimum atomic E-state index is 0.212. The molecule has 0 saturated carbocycles. The van der Waals surface area contributed by atoms with Crippen molar-refractivity contribution in [2.45, 2.75) is 0 Å². The van der Waals surface area contributed by atoms with Gasteiger partial charge in [-0.25, -0.2) is 0 Å². The highest BCUT2D eigenvalue weighted by Gasteiger charge is 2.04. The van der Waals surface area contributed by atoms with Crippen molar-refractivity contribution in [3.05, 3.63) is 66.2 Å². The largest absolute Gasteiger partial charge is 0.508 e. The molecule has 0 amide bonds. The first-order chi connectivity index (χ1) is 10.3. The predicted molar refractivity (Wildman–Crippen MR) is 85.9 cm³/mol. The SMILES string of the molecule is COc1ccc(C=Nc2cccc(O)c2)c2ccccc12. The summed E-state index contributed by atoms with van der Waals surface area (Å²) in [4.78, 5) is 4.42. The Bertz CT molecular complexity index is 809. The average molecular weight is 277 g/mol. The Morgan fingerprint density at radius 2 is 1.76 bits per heavy atom. The number of hydrogen-bond donors (Lipinski definition) is 1. The maximum Gasteiger partial charge on any atom is 0.126 e. The molecule has 3 nitrogen and oxygen atoms in total. The number of phenols is 1. The second-order valence-electron chi connectivity index (χ2n) is 4.68. The van der Waals surface area contributed by atoms with E-state index in [-0.39, 0.29) is 5.75 Å². The topological polar surface area (TPSA) is 41.8 Å². The van der Waals surface area contributed by atoms with Crippen LogP contribution in [-0.4, -0.2) is 18.4 Å². The van der Waals surface area contributed by atoms with Crippen molar-refractivity contribution in [1.29, 1.82) is 0 Å². The van der Waals surface area contributed by atoms with E-state index in [2.05, 4.69) is 4.99 Å². The van der Waals surface area contributed by atoms with E-state index in [9.17, 15) is 5.11 Å². The number of aromatic hydroxyl groups is 1. The van der Waals surface area contributed by atoms with Gasteiger partial charge in [-0.05, 0) is 29.7 Å². The monoisotopic (exact) mass is 277 g/mol. The zero-order valence-corrected chi connectivity index (χ0v) is 11.7. The van der Waals surface area contributed by atoms with Gasteiger partial charge in [-0.2, -0.15) is 0 Å². The number of methoxy groups -OCH3 is 1. The van der Waals surface area contributed by atoms with E-state index >= 15 is 0 Å². The van der Waals surface area contributed by atoms with Crippen molar-refractivity contribution in [3.8, 4) is 11.5 Å². The highest BCUT2D eigenvalue weighted by Crippen LogP contribution is 2.28. The van der Waals surface area contributed by atoms with E-state index in [4.69, 9.17) is 4.74 Å². The molecular formula is C18H15NO2. The highest BCUT2D eigenvalue weighted by molar-refractivity contribution is 6.02. The van der Waals surface area contributed by atoms with Gasteiger partial charge in [-0.1, -0.05) is 30.3 Å². The first-order valence-corrected chi connectivity index (χ1v) is 6.67. The Morgan fingerprint density at radius 3 is 2.52 bits per heavy atom. The van der Waals surface area contributed by atoms with Gasteiger partial charge >= 0.3 is 0 Å². The summed E-state index contributed by atoms with van der Waals surface area (Å²) in [6, 6.07) is 18.8. The van der Waals surface area contributed by atoms with Crippen molar-refractivity contribution in [1.82, 2.24) is 0 Å². The van der Waals surface area contributed by atoms with Crippen LogP contribution in [0, 0.1) is 0 Å². The third-order valence-electron chi connectivity index (χ3n) is 3.32. The van der Waals surface area contributed by atoms with E-state index in [1.807, 2.05) is 42.5 Å². The summed E-state index contributed by atoms with van der Waals surface area (Å²) in [6.07, 6.45) is 1.80. The van der Waals surface area contributed by atoms with Crippen LogP contribution in [0.3, 0.4) is 0 Å². The summed E-state index contributed by atoms with van der Waals surface area (Å²) in [5.74, 6) is 1.06. The van der Waals surface area contributed by atoms with Gasteiger partial charge < -0.3 is 9.84 Å². The molecule has 0 fully saturated rings. The van der Waals surface area contributed by atoms with Crippen LogP contribution in [0.25, 0.3) is 10.8 Å². The highest BCUT2D eigenvalue weighted by atomic mass is 16.5. The van der Waals surface area contributed by atoms with Crippen LogP contribution in [-0.2, 0) is 0 Å². The van der Waals surface area contributed by atoms with E-state index in [1.54, 1.807) is 31.5 Å². The zero-order chi connectivity index (χ0) is 14.7. The van der Waals surface area contributed by atoms with Gasteiger partial charge in [0.1, 0.15) is 11.5 Å². The zero-order valence-electron chi connectivity index (χ0n) is 11.7. The van der Waals surface area contributed by atoms with Gasteiger partial charge in [0.05, 0.1) is 12.8 Å². The van der Waals surface area contributed by atoms with Crippen molar-refractivity contribution in [2.24, 2.45) is 4.99 Å². The van der Waals surface area contributed by atoms with Crippen molar-refractivity contribution >= 4 is 22.7 Å². The number of hydrogen-bond acceptors (Lipinski definition) is 3. The van der Waals surface area contributed by atoms with Crippen LogP contribution in [0.5, 0.6) is 11.5 Å². The molecule has 3 aromatic carbocycles. The Kier molecular flexibility index (Phi) is 3.56. The lowest BCUT2D eigenvalue weighted by atomic mass is 10.0. The number of aliphatic imine (C=N–C) groups is 1. The van der Waals surface area contributed by atoms with Crippen molar-refractivity contribution in [3.63, 3.8) is 0 Å². The fourth-order valence-electron chi connectivity index (χ4n) is 2.30. The average Bonchev–Trinajstić information content (AvgIpc) is 2.52. The molecule has 104 valence electrons. The first-order valence-electron chi connectivity index (χ1n) is 6.67. The summed E-state index contributed by atoms with van der Waals surface area (Å²) in [5, 5.41) is 11.6. The molecule has 0 aromatic heterocycles. The molecule has 0 aliphatic carbocycles. The number of phenolic OH excluding ortho intramolecular Hbond substituents is 1. The van der Waals surface area contributed by atoms with Crippen LogP contribution < -0.4 is 4.74 Å². The molecule has 0 bridgehead atoms. The number of rotatable bonds is 3. The molecule has 3 rings (SSSR count). The van der Waals surface area contributed by atoms with Gasteiger partial charge in [0, 0.05) is 23.2 Å². The minimum absolute atomic E-state index is 0.212. The van der Waals surface area contributed by atoms with Crippen LogP contribution in [0.4, 0.5) is 5.69 Å². The molecule has 0 spiro atoms. The predicted octanol–water partition coefficient (Wildman–Crippen LogP) is 4.30. The Balaban J connectivity index is 2.05. The molecule has 21 heavy (non-hydrogen) atoms. The molecule has 0 radical (unpaired) electrons. The number of nitrogens with zero attached hydrogens (tertiary/aromatic N) is 1. The normalized spacial score (nSPS) is 11.1. The smallest absolute Gasteiger partial charge is 0.126 e. The summed E-state index contributed by atoms with van der Waals surface area (Å²) in [5.41, 5.74) is 1.73. The third kappa shape index (κ3) is 2.72. The van der Waals surface area contributed by atoms with Crippen molar-refractivity contribution in [2.75, 3.05) is 7.11 Å². The summed E-state index contributed by atoms with van der Waals surface area (Å²) in [7, 11) is 1.67. The minimum Gasteiger partial charge on any atom is -0.508 e. The first kappa shape index (κ1) is 13.2. The molecular weight excluding hydrogens is 262 g/mol. The molecule has 0 aliphatic rings. The number of fused-ring (bicyclic) bond motifs is 1. The van der Waals surface area contributed by atoms with E-state index in [1.165, 1.54) is 0 Å². The lowest BCUT2D eigenvalue weighted by molar-refractivity contribution is 0.420. The maximum atomic E-state index is 9.46. The van der Waals surface area contributed by atoms with Gasteiger partial charge in [-0.3, -0.25) is 4.99 Å². The van der Waals surface area contributed by atoms with Gasteiger partial charge in [-0.15, -0.1) is 0 Å². The Morgan fingerprint density at radius 1 is 0.952 bits per heavy atom. The Labute approximate surface area is 123 Å². The summed E-state index contributed by atoms with van der Waals surface area (Å²) >= 11 is 0.